The molecule has 0 radical (unpaired) electrons. The number of rotatable bonds is 6. The van der Waals surface area contributed by atoms with Crippen molar-refractivity contribution in [3.8, 4) is 11.5 Å². The van der Waals surface area contributed by atoms with Crippen LogP contribution in [0.25, 0.3) is 10.8 Å². The summed E-state index contributed by atoms with van der Waals surface area (Å²) in [5.74, 6) is -0.627. The van der Waals surface area contributed by atoms with Gasteiger partial charge in [-0.2, -0.15) is 0 Å². The number of carbonyl (C=O) groups is 2. The second-order valence-corrected chi connectivity index (χ2v) is 7.56. The first kappa shape index (κ1) is 23.9. The zero-order chi connectivity index (χ0) is 20.3. The zero-order valence-electron chi connectivity index (χ0n) is 17.4. The monoisotopic (exact) mass is 407 g/mol. The molecule has 0 saturated heterocycles. The maximum atomic E-state index is 12.3. The number of ether oxygens (including phenoxy) is 2. The van der Waals surface area contributed by atoms with Gasteiger partial charge in [0.25, 0.3) is 0 Å². The molecule has 2 rings (SSSR count). The van der Waals surface area contributed by atoms with E-state index < -0.39 is 0 Å². The Morgan fingerprint density at radius 1 is 1.00 bits per heavy atom. The highest BCUT2D eigenvalue weighted by atomic mass is 35.5. The van der Waals surface area contributed by atoms with Crippen molar-refractivity contribution in [3.63, 3.8) is 0 Å². The Morgan fingerprint density at radius 2 is 1.57 bits per heavy atom. The van der Waals surface area contributed by atoms with Crippen molar-refractivity contribution in [3.05, 3.63) is 35.4 Å². The molecule has 0 spiro atoms. The standard InChI is InChI=1S/C22H29NO4.ClH/c1-12(2)21(24)26-18-10-16-8-7-9-17(14(5)11-23)19(16)15(6)20(18)27-22(25)13(3)4;/h7-10,12-14H,11,23H2,1-6H3;1H. The van der Waals surface area contributed by atoms with Gasteiger partial charge in [-0.05, 0) is 41.8 Å². The number of halogens is 1. The second kappa shape index (κ2) is 9.89. The summed E-state index contributed by atoms with van der Waals surface area (Å²) in [7, 11) is 0. The van der Waals surface area contributed by atoms with E-state index in [0.717, 1.165) is 21.9 Å². The minimum absolute atomic E-state index is 0. The van der Waals surface area contributed by atoms with Crippen LogP contribution in [0, 0.1) is 18.8 Å². The molecule has 5 nitrogen and oxygen atoms in total. The molecule has 1 unspecified atom stereocenters. The van der Waals surface area contributed by atoms with E-state index >= 15 is 0 Å². The second-order valence-electron chi connectivity index (χ2n) is 7.56. The Bertz CT molecular complexity index is 861. The molecule has 2 aromatic rings. The molecule has 0 aliphatic heterocycles. The summed E-state index contributed by atoms with van der Waals surface area (Å²) in [5.41, 5.74) is 7.73. The van der Waals surface area contributed by atoms with Crippen LogP contribution in [0.1, 0.15) is 51.7 Å². The normalized spacial score (nSPS) is 12.0. The van der Waals surface area contributed by atoms with Crippen LogP contribution >= 0.6 is 12.4 Å². The van der Waals surface area contributed by atoms with Gasteiger partial charge in [-0.1, -0.05) is 52.8 Å². The van der Waals surface area contributed by atoms with E-state index in [0.29, 0.717) is 12.3 Å². The lowest BCUT2D eigenvalue weighted by molar-refractivity contribution is -0.140. The third-order valence-corrected chi connectivity index (χ3v) is 4.60. The summed E-state index contributed by atoms with van der Waals surface area (Å²) >= 11 is 0. The third kappa shape index (κ3) is 5.03. The zero-order valence-corrected chi connectivity index (χ0v) is 18.2. The summed E-state index contributed by atoms with van der Waals surface area (Å²) in [5, 5.41) is 1.90. The van der Waals surface area contributed by atoms with Crippen LogP contribution in [0.2, 0.25) is 0 Å². The van der Waals surface area contributed by atoms with Gasteiger partial charge in [0.1, 0.15) is 0 Å². The van der Waals surface area contributed by atoms with E-state index in [1.807, 2.05) is 25.1 Å². The van der Waals surface area contributed by atoms with Crippen LogP contribution < -0.4 is 15.2 Å². The Balaban J connectivity index is 0.00000392. The predicted octanol–water partition coefficient (Wildman–Crippen LogP) is 4.76. The average Bonchev–Trinajstić information content (AvgIpc) is 2.63. The largest absolute Gasteiger partial charge is 0.422 e. The first-order chi connectivity index (χ1) is 12.7. The molecule has 0 aromatic heterocycles. The fourth-order valence-electron chi connectivity index (χ4n) is 2.83. The molecule has 0 amide bonds. The number of esters is 2. The van der Waals surface area contributed by atoms with E-state index in [2.05, 4.69) is 6.92 Å². The van der Waals surface area contributed by atoms with Gasteiger partial charge in [0.05, 0.1) is 11.8 Å². The van der Waals surface area contributed by atoms with Gasteiger partial charge in [0.15, 0.2) is 11.5 Å². The van der Waals surface area contributed by atoms with Crippen molar-refractivity contribution in [2.45, 2.75) is 47.5 Å². The summed E-state index contributed by atoms with van der Waals surface area (Å²) in [4.78, 5) is 24.4. The van der Waals surface area contributed by atoms with Crippen LogP contribution in [0.3, 0.4) is 0 Å². The summed E-state index contributed by atoms with van der Waals surface area (Å²) in [6.45, 7) is 11.5. The van der Waals surface area contributed by atoms with Gasteiger partial charge in [-0.15, -0.1) is 12.4 Å². The Hall–Kier alpha value is -2.11. The number of carbonyl (C=O) groups excluding carboxylic acids is 2. The first-order valence-electron chi connectivity index (χ1n) is 9.37. The molecule has 0 aliphatic rings. The lowest BCUT2D eigenvalue weighted by atomic mass is 9.91. The number of hydrogen-bond donors (Lipinski definition) is 1. The van der Waals surface area contributed by atoms with Crippen LogP contribution in [-0.2, 0) is 9.59 Å². The molecule has 0 fully saturated rings. The van der Waals surface area contributed by atoms with Crippen molar-refractivity contribution < 1.29 is 19.1 Å². The van der Waals surface area contributed by atoms with E-state index in [-0.39, 0.29) is 47.8 Å². The van der Waals surface area contributed by atoms with Crippen LogP contribution in [0.15, 0.2) is 24.3 Å². The topological polar surface area (TPSA) is 78.6 Å². The number of hydrogen-bond acceptors (Lipinski definition) is 5. The maximum absolute atomic E-state index is 12.3. The fourth-order valence-corrected chi connectivity index (χ4v) is 2.83. The van der Waals surface area contributed by atoms with Crippen LogP contribution in [0.4, 0.5) is 0 Å². The SMILES string of the molecule is Cc1c(OC(=O)C(C)C)c(OC(=O)C(C)C)cc2cccc(C(C)CN)c12.Cl. The molecule has 6 heteroatoms. The number of benzene rings is 2. The van der Waals surface area contributed by atoms with Gasteiger partial charge in [0, 0.05) is 5.56 Å². The molecule has 0 aliphatic carbocycles. The van der Waals surface area contributed by atoms with Crippen LogP contribution in [0.5, 0.6) is 11.5 Å². The maximum Gasteiger partial charge on any atom is 0.313 e. The smallest absolute Gasteiger partial charge is 0.313 e. The average molecular weight is 408 g/mol. The van der Waals surface area contributed by atoms with Crippen molar-refractivity contribution in [2.24, 2.45) is 17.6 Å². The molecule has 2 aromatic carbocycles. The summed E-state index contributed by atoms with van der Waals surface area (Å²) in [6, 6.07) is 7.70. The lowest BCUT2D eigenvalue weighted by Gasteiger charge is -2.20. The third-order valence-electron chi connectivity index (χ3n) is 4.60. The number of nitrogens with two attached hydrogens (primary N) is 1. The van der Waals surface area contributed by atoms with Gasteiger partial charge in [0.2, 0.25) is 0 Å². The van der Waals surface area contributed by atoms with Gasteiger partial charge >= 0.3 is 11.9 Å². The molecule has 0 bridgehead atoms. The Morgan fingerprint density at radius 3 is 2.11 bits per heavy atom. The molecule has 1 atom stereocenters. The minimum atomic E-state index is -0.373. The quantitative estimate of drug-likeness (QED) is 0.551. The molecule has 2 N–H and O–H groups in total. The predicted molar refractivity (Wildman–Crippen MR) is 114 cm³/mol. The number of fused-ring (bicyclic) bond motifs is 1. The highest BCUT2D eigenvalue weighted by Gasteiger charge is 2.23. The molecular weight excluding hydrogens is 378 g/mol. The van der Waals surface area contributed by atoms with Gasteiger partial charge < -0.3 is 15.2 Å². The van der Waals surface area contributed by atoms with Crippen molar-refractivity contribution in [1.29, 1.82) is 0 Å². The van der Waals surface area contributed by atoms with Crippen molar-refractivity contribution in [2.75, 3.05) is 6.54 Å². The minimum Gasteiger partial charge on any atom is -0.422 e. The Labute approximate surface area is 173 Å². The highest BCUT2D eigenvalue weighted by Crippen LogP contribution is 2.40. The first-order valence-corrected chi connectivity index (χ1v) is 9.37. The van der Waals surface area contributed by atoms with Crippen molar-refractivity contribution >= 4 is 35.1 Å². The summed E-state index contributed by atoms with van der Waals surface area (Å²) in [6.07, 6.45) is 0. The molecule has 0 heterocycles. The van der Waals surface area contributed by atoms with Crippen LogP contribution in [-0.4, -0.2) is 18.5 Å². The van der Waals surface area contributed by atoms with Gasteiger partial charge in [-0.3, -0.25) is 9.59 Å². The van der Waals surface area contributed by atoms with E-state index in [9.17, 15) is 9.59 Å². The molecule has 154 valence electrons. The molecule has 28 heavy (non-hydrogen) atoms. The highest BCUT2D eigenvalue weighted by molar-refractivity contribution is 5.94. The Kier molecular flexibility index (Phi) is 8.46. The molecular formula is C22H30ClNO4. The fraction of sp³-hybridized carbons (Fsp3) is 0.455. The summed E-state index contributed by atoms with van der Waals surface area (Å²) < 4.78 is 11.2. The van der Waals surface area contributed by atoms with Gasteiger partial charge in [-0.25, -0.2) is 0 Å². The van der Waals surface area contributed by atoms with E-state index in [4.69, 9.17) is 15.2 Å². The molecule has 0 saturated carbocycles. The van der Waals surface area contributed by atoms with Crippen molar-refractivity contribution in [1.82, 2.24) is 0 Å². The van der Waals surface area contributed by atoms with E-state index in [1.54, 1.807) is 33.8 Å². The number of aryl methyl sites for hydroxylation is 1. The van der Waals surface area contributed by atoms with E-state index in [1.165, 1.54) is 0 Å². The lowest BCUT2D eigenvalue weighted by Crippen LogP contribution is -2.19.